The maximum atomic E-state index is 5.57. The highest BCUT2D eigenvalue weighted by Crippen LogP contribution is 2.49. The van der Waals surface area contributed by atoms with E-state index in [1.54, 1.807) is 7.11 Å². The predicted molar refractivity (Wildman–Crippen MR) is 82.0 cm³/mol. The molecule has 0 aromatic carbocycles. The van der Waals surface area contributed by atoms with E-state index in [1.165, 1.54) is 43.4 Å². The van der Waals surface area contributed by atoms with E-state index in [2.05, 4.69) is 15.3 Å². The highest BCUT2D eigenvalue weighted by atomic mass is 16.5. The first kappa shape index (κ1) is 14.3. The first-order chi connectivity index (χ1) is 10.3. The summed E-state index contributed by atoms with van der Waals surface area (Å²) in [6.45, 7) is 5.95. The first-order valence-corrected chi connectivity index (χ1v) is 8.09. The Balaban J connectivity index is 0.000000636. The zero-order valence-electron chi connectivity index (χ0n) is 13.4. The van der Waals surface area contributed by atoms with Crippen molar-refractivity contribution in [3.63, 3.8) is 0 Å². The minimum atomic E-state index is 0.588. The van der Waals surface area contributed by atoms with Crippen LogP contribution >= 0.6 is 0 Å². The van der Waals surface area contributed by atoms with Gasteiger partial charge in [0.15, 0.2) is 5.65 Å². The van der Waals surface area contributed by atoms with Gasteiger partial charge in [-0.2, -0.15) is 9.50 Å². The number of rotatable bonds is 1. The highest BCUT2D eigenvalue weighted by molar-refractivity contribution is 5.51. The highest BCUT2D eigenvalue weighted by Gasteiger charge is 2.36. The van der Waals surface area contributed by atoms with E-state index in [-0.39, 0.29) is 0 Å². The SMILES string of the molecule is CC.COc1nc2c(C)nnn2c2c1C1CCCC2CC1. The maximum Gasteiger partial charge on any atom is 0.220 e. The van der Waals surface area contributed by atoms with Crippen LogP contribution in [0.3, 0.4) is 0 Å². The largest absolute Gasteiger partial charge is 0.481 e. The molecule has 5 rings (SSSR count). The molecule has 2 aromatic heterocycles. The molecule has 2 atom stereocenters. The standard InChI is InChI=1S/C14H18N4O.C2H6/c1-8-13-15-14(19-2)11-9-4-3-5-10(7-6-9)12(11)18(13)17-16-8;1-2/h9-10H,3-7H2,1-2H3;1-2H3. The van der Waals surface area contributed by atoms with Gasteiger partial charge in [-0.05, 0) is 38.5 Å². The molecule has 5 heteroatoms. The number of hydrogen-bond acceptors (Lipinski definition) is 4. The van der Waals surface area contributed by atoms with Crippen LogP contribution in [0.25, 0.3) is 5.65 Å². The van der Waals surface area contributed by atoms with Crippen molar-refractivity contribution in [3.05, 3.63) is 17.0 Å². The minimum Gasteiger partial charge on any atom is -0.481 e. The van der Waals surface area contributed by atoms with Gasteiger partial charge in [0, 0.05) is 11.5 Å². The summed E-state index contributed by atoms with van der Waals surface area (Å²) in [6, 6.07) is 0. The summed E-state index contributed by atoms with van der Waals surface area (Å²) in [5.74, 6) is 1.98. The zero-order chi connectivity index (χ0) is 15.0. The molecular formula is C16H24N4O. The van der Waals surface area contributed by atoms with Gasteiger partial charge in [-0.25, -0.2) is 0 Å². The van der Waals surface area contributed by atoms with Crippen molar-refractivity contribution in [1.29, 1.82) is 0 Å². The zero-order valence-corrected chi connectivity index (χ0v) is 13.4. The van der Waals surface area contributed by atoms with Gasteiger partial charge < -0.3 is 4.74 Å². The number of fused-ring (bicyclic) bond motifs is 4. The lowest BCUT2D eigenvalue weighted by Gasteiger charge is -2.28. The fraction of sp³-hybridized carbons (Fsp3) is 0.688. The van der Waals surface area contributed by atoms with Crippen molar-refractivity contribution in [2.24, 2.45) is 0 Å². The van der Waals surface area contributed by atoms with Crippen LogP contribution in [-0.4, -0.2) is 26.9 Å². The minimum absolute atomic E-state index is 0.588. The molecule has 114 valence electrons. The van der Waals surface area contributed by atoms with Crippen LogP contribution in [0.15, 0.2) is 0 Å². The molecule has 21 heavy (non-hydrogen) atoms. The lowest BCUT2D eigenvalue weighted by molar-refractivity contribution is 0.375. The lowest BCUT2D eigenvalue weighted by Crippen LogP contribution is -2.18. The predicted octanol–water partition coefficient (Wildman–Crippen LogP) is 3.61. The third-order valence-corrected chi connectivity index (χ3v) is 4.71. The van der Waals surface area contributed by atoms with Crippen LogP contribution in [-0.2, 0) is 0 Å². The summed E-state index contributed by atoms with van der Waals surface area (Å²) in [5.41, 5.74) is 4.34. The third kappa shape index (κ3) is 2.10. The Hall–Kier alpha value is -1.65. The Morgan fingerprint density at radius 3 is 2.57 bits per heavy atom. The molecule has 3 aliphatic rings. The topological polar surface area (TPSA) is 52.3 Å². The normalized spacial score (nSPS) is 23.2. The number of aromatic nitrogens is 4. The Kier molecular flexibility index (Phi) is 3.83. The summed E-state index contributed by atoms with van der Waals surface area (Å²) in [5, 5.41) is 8.50. The van der Waals surface area contributed by atoms with Gasteiger partial charge in [0.1, 0.15) is 5.69 Å². The van der Waals surface area contributed by atoms with Crippen LogP contribution < -0.4 is 4.74 Å². The average molecular weight is 288 g/mol. The Morgan fingerprint density at radius 1 is 1.10 bits per heavy atom. The van der Waals surface area contributed by atoms with Crippen molar-refractivity contribution in [2.45, 2.75) is 64.7 Å². The molecule has 0 N–H and O–H groups in total. The van der Waals surface area contributed by atoms with Gasteiger partial charge in [0.25, 0.3) is 0 Å². The van der Waals surface area contributed by atoms with Crippen molar-refractivity contribution in [3.8, 4) is 5.88 Å². The molecule has 0 amide bonds. The molecular weight excluding hydrogens is 264 g/mol. The van der Waals surface area contributed by atoms with E-state index in [1.807, 2.05) is 25.3 Å². The van der Waals surface area contributed by atoms with Crippen LogP contribution in [0.1, 0.15) is 74.7 Å². The van der Waals surface area contributed by atoms with E-state index in [0.717, 1.165) is 17.2 Å². The molecule has 0 spiro atoms. The summed E-state index contributed by atoms with van der Waals surface area (Å²) < 4.78 is 7.54. The molecule has 0 aliphatic heterocycles. The lowest BCUT2D eigenvalue weighted by atomic mass is 9.81. The Morgan fingerprint density at radius 2 is 1.81 bits per heavy atom. The van der Waals surface area contributed by atoms with Crippen LogP contribution in [0.2, 0.25) is 0 Å². The fourth-order valence-electron chi connectivity index (χ4n) is 3.82. The second kappa shape index (κ2) is 5.62. The van der Waals surface area contributed by atoms with E-state index < -0.39 is 0 Å². The molecule has 2 unspecified atom stereocenters. The molecule has 3 aliphatic carbocycles. The first-order valence-electron chi connectivity index (χ1n) is 8.09. The maximum absolute atomic E-state index is 5.57. The van der Waals surface area contributed by atoms with E-state index in [0.29, 0.717) is 11.8 Å². The number of aryl methyl sites for hydroxylation is 1. The summed E-state index contributed by atoms with van der Waals surface area (Å²) in [7, 11) is 1.72. The van der Waals surface area contributed by atoms with Gasteiger partial charge in [-0.3, -0.25) is 0 Å². The second-order valence-electron chi connectivity index (χ2n) is 5.73. The van der Waals surface area contributed by atoms with Gasteiger partial charge in [0.05, 0.1) is 12.8 Å². The van der Waals surface area contributed by atoms with Crippen molar-refractivity contribution in [2.75, 3.05) is 7.11 Å². The average Bonchev–Trinajstić information content (AvgIpc) is 2.73. The van der Waals surface area contributed by atoms with Crippen LogP contribution in [0.5, 0.6) is 5.88 Å². The molecule has 0 radical (unpaired) electrons. The molecule has 2 aromatic rings. The molecule has 1 saturated carbocycles. The second-order valence-corrected chi connectivity index (χ2v) is 5.73. The van der Waals surface area contributed by atoms with Gasteiger partial charge in [-0.15, -0.1) is 5.10 Å². The van der Waals surface area contributed by atoms with Crippen LogP contribution in [0.4, 0.5) is 0 Å². The van der Waals surface area contributed by atoms with Gasteiger partial charge in [-0.1, -0.05) is 25.5 Å². The van der Waals surface area contributed by atoms with Crippen molar-refractivity contribution < 1.29 is 4.74 Å². The van der Waals surface area contributed by atoms with E-state index >= 15 is 0 Å². The van der Waals surface area contributed by atoms with Crippen LogP contribution in [0, 0.1) is 6.92 Å². The summed E-state index contributed by atoms with van der Waals surface area (Å²) >= 11 is 0. The molecule has 2 heterocycles. The smallest absolute Gasteiger partial charge is 0.220 e. The number of methoxy groups -OCH3 is 1. The molecule has 0 saturated heterocycles. The number of nitrogens with zero attached hydrogens (tertiary/aromatic N) is 4. The molecule has 5 nitrogen and oxygen atoms in total. The summed E-state index contributed by atoms with van der Waals surface area (Å²) in [6.07, 6.45) is 6.32. The Bertz CT molecular complexity index is 645. The Labute approximate surface area is 125 Å². The molecule has 2 bridgehead atoms. The van der Waals surface area contributed by atoms with Gasteiger partial charge >= 0.3 is 0 Å². The van der Waals surface area contributed by atoms with E-state index in [4.69, 9.17) is 4.74 Å². The van der Waals surface area contributed by atoms with Crippen molar-refractivity contribution >= 4 is 5.65 Å². The monoisotopic (exact) mass is 288 g/mol. The third-order valence-electron chi connectivity index (χ3n) is 4.71. The quantitative estimate of drug-likeness (QED) is 0.804. The molecule has 1 fully saturated rings. The summed E-state index contributed by atoms with van der Waals surface area (Å²) in [4.78, 5) is 4.64. The van der Waals surface area contributed by atoms with E-state index in [9.17, 15) is 0 Å². The fourth-order valence-corrected chi connectivity index (χ4v) is 3.82. The van der Waals surface area contributed by atoms with Gasteiger partial charge in [0.2, 0.25) is 5.88 Å². The number of hydrogen-bond donors (Lipinski definition) is 0. The number of ether oxygens (including phenoxy) is 1. The van der Waals surface area contributed by atoms with Crippen molar-refractivity contribution in [1.82, 2.24) is 19.8 Å².